The molecule has 1 saturated heterocycles. The summed E-state index contributed by atoms with van der Waals surface area (Å²) in [6, 6.07) is 18.3. The first-order chi connectivity index (χ1) is 15.0. The number of anilines is 1. The highest BCUT2D eigenvalue weighted by molar-refractivity contribution is 6.39. The molecule has 1 fully saturated rings. The molecule has 31 heavy (non-hydrogen) atoms. The number of carbonyl (C=O) groups is 3. The number of hydrogen-bond acceptors (Lipinski definition) is 3. The van der Waals surface area contributed by atoms with Crippen molar-refractivity contribution in [3.05, 3.63) is 94.8 Å². The highest BCUT2D eigenvalue weighted by Gasteiger charge is 2.36. The second-order valence-electron chi connectivity index (χ2n) is 7.52. The minimum absolute atomic E-state index is 0.0805. The third kappa shape index (κ3) is 4.19. The number of benzene rings is 2. The largest absolute Gasteiger partial charge is 0.344 e. The van der Waals surface area contributed by atoms with E-state index >= 15 is 0 Å². The fourth-order valence-corrected chi connectivity index (χ4v) is 3.51. The van der Waals surface area contributed by atoms with Crippen molar-refractivity contribution in [2.45, 2.75) is 26.8 Å². The molecule has 1 aliphatic rings. The van der Waals surface area contributed by atoms with Crippen LogP contribution in [0.3, 0.4) is 0 Å². The van der Waals surface area contributed by atoms with Gasteiger partial charge in [-0.2, -0.15) is 0 Å². The zero-order valence-electron chi connectivity index (χ0n) is 17.5. The number of amides is 4. The van der Waals surface area contributed by atoms with Gasteiger partial charge in [-0.1, -0.05) is 48.9 Å². The van der Waals surface area contributed by atoms with Crippen LogP contribution < -0.4 is 10.2 Å². The summed E-state index contributed by atoms with van der Waals surface area (Å²) in [5.41, 5.74) is 4.42. The van der Waals surface area contributed by atoms with Gasteiger partial charge in [0, 0.05) is 18.4 Å². The number of barbiturate groups is 1. The minimum atomic E-state index is -0.744. The molecule has 2 aromatic carbocycles. The van der Waals surface area contributed by atoms with E-state index in [9.17, 15) is 14.4 Å². The van der Waals surface area contributed by atoms with Gasteiger partial charge in [-0.25, -0.2) is 9.69 Å². The predicted octanol–water partition coefficient (Wildman–Crippen LogP) is 4.07. The van der Waals surface area contributed by atoms with Crippen molar-refractivity contribution in [3.63, 3.8) is 0 Å². The summed E-state index contributed by atoms with van der Waals surface area (Å²) in [5, 5.41) is 2.27. The number of imide groups is 2. The Labute approximate surface area is 180 Å². The number of urea groups is 1. The van der Waals surface area contributed by atoms with Crippen molar-refractivity contribution in [1.82, 2.24) is 9.88 Å². The Morgan fingerprint density at radius 1 is 0.903 bits per heavy atom. The average Bonchev–Trinajstić information content (AvgIpc) is 3.19. The van der Waals surface area contributed by atoms with E-state index in [1.165, 1.54) is 11.6 Å². The third-order valence-corrected chi connectivity index (χ3v) is 5.33. The second-order valence-corrected chi connectivity index (χ2v) is 7.52. The van der Waals surface area contributed by atoms with Crippen molar-refractivity contribution < 1.29 is 14.4 Å². The average molecular weight is 413 g/mol. The van der Waals surface area contributed by atoms with Gasteiger partial charge >= 0.3 is 6.03 Å². The number of rotatable bonds is 5. The van der Waals surface area contributed by atoms with Gasteiger partial charge in [0.1, 0.15) is 5.57 Å². The van der Waals surface area contributed by atoms with E-state index in [-0.39, 0.29) is 5.57 Å². The lowest BCUT2D eigenvalue weighted by atomic mass is 10.1. The number of aromatic nitrogens is 1. The van der Waals surface area contributed by atoms with Crippen molar-refractivity contribution in [3.8, 4) is 0 Å². The Morgan fingerprint density at radius 3 is 2.26 bits per heavy atom. The summed E-state index contributed by atoms with van der Waals surface area (Å²) < 4.78 is 1.95. The molecule has 0 radical (unpaired) electrons. The van der Waals surface area contributed by atoms with Crippen molar-refractivity contribution in [2.75, 3.05) is 4.90 Å². The fraction of sp³-hybridized carbons (Fsp3) is 0.160. The molecule has 156 valence electrons. The molecule has 1 aromatic heterocycles. The lowest BCUT2D eigenvalue weighted by Gasteiger charge is -2.26. The van der Waals surface area contributed by atoms with Gasteiger partial charge in [0.25, 0.3) is 11.8 Å². The van der Waals surface area contributed by atoms with Crippen LogP contribution in [-0.2, 0) is 22.6 Å². The zero-order valence-corrected chi connectivity index (χ0v) is 17.5. The summed E-state index contributed by atoms with van der Waals surface area (Å²) in [6.45, 7) is 4.66. The maximum Gasteiger partial charge on any atom is 0.335 e. The lowest BCUT2D eigenvalue weighted by Crippen LogP contribution is -2.54. The maximum atomic E-state index is 13.1. The summed E-state index contributed by atoms with van der Waals surface area (Å²) in [6.07, 6.45) is 4.28. The van der Waals surface area contributed by atoms with Crippen molar-refractivity contribution >= 4 is 29.6 Å². The summed E-state index contributed by atoms with van der Waals surface area (Å²) in [4.78, 5) is 39.0. The molecule has 0 spiro atoms. The van der Waals surface area contributed by atoms with Gasteiger partial charge in [-0.15, -0.1) is 0 Å². The molecule has 0 bridgehead atoms. The van der Waals surface area contributed by atoms with E-state index in [4.69, 9.17) is 0 Å². The molecular formula is C25H23N3O3. The van der Waals surface area contributed by atoms with Crippen LogP contribution in [0.15, 0.2) is 72.4 Å². The smallest absolute Gasteiger partial charge is 0.335 e. The van der Waals surface area contributed by atoms with E-state index in [2.05, 4.69) is 5.32 Å². The van der Waals surface area contributed by atoms with Crippen LogP contribution >= 0.6 is 0 Å². The molecule has 0 aliphatic carbocycles. The Balaban J connectivity index is 1.64. The summed E-state index contributed by atoms with van der Waals surface area (Å²) in [7, 11) is 0. The van der Waals surface area contributed by atoms with Gasteiger partial charge in [-0.05, 0) is 54.8 Å². The molecule has 2 heterocycles. The van der Waals surface area contributed by atoms with Crippen molar-refractivity contribution in [1.29, 1.82) is 0 Å². The Kier molecular flexibility index (Phi) is 5.54. The number of nitrogens with one attached hydrogen (secondary N) is 1. The fourth-order valence-electron chi connectivity index (χ4n) is 3.51. The summed E-state index contributed by atoms with van der Waals surface area (Å²) in [5.74, 6) is -1.33. The zero-order chi connectivity index (χ0) is 22.0. The molecule has 4 amide bonds. The molecular weight excluding hydrogens is 390 g/mol. The van der Waals surface area contributed by atoms with Crippen LogP contribution in [0.2, 0.25) is 0 Å². The molecule has 4 rings (SSSR count). The highest BCUT2D eigenvalue weighted by Crippen LogP contribution is 2.23. The Bertz CT molecular complexity index is 1170. The van der Waals surface area contributed by atoms with Gasteiger partial charge < -0.3 is 4.57 Å². The molecule has 0 saturated carbocycles. The monoisotopic (exact) mass is 413 g/mol. The molecule has 1 N–H and O–H groups in total. The molecule has 0 atom stereocenters. The first kappa shape index (κ1) is 20.3. The van der Waals surface area contributed by atoms with Crippen LogP contribution in [0.4, 0.5) is 10.5 Å². The molecule has 1 aliphatic heterocycles. The maximum absolute atomic E-state index is 13.1. The summed E-state index contributed by atoms with van der Waals surface area (Å²) >= 11 is 0. The van der Waals surface area contributed by atoms with E-state index in [1.54, 1.807) is 12.1 Å². The first-order valence-electron chi connectivity index (χ1n) is 10.2. The van der Waals surface area contributed by atoms with E-state index in [1.807, 2.05) is 73.1 Å². The highest BCUT2D eigenvalue weighted by atomic mass is 16.2. The lowest BCUT2D eigenvalue weighted by molar-refractivity contribution is -0.122. The van der Waals surface area contributed by atoms with Gasteiger partial charge in [-0.3, -0.25) is 14.9 Å². The van der Waals surface area contributed by atoms with E-state index in [0.717, 1.165) is 22.4 Å². The van der Waals surface area contributed by atoms with Crippen LogP contribution in [0.5, 0.6) is 0 Å². The standard InChI is InChI=1S/C25H23N3O3/c1-3-18-10-12-20(13-11-18)28-24(30)22(23(29)26-25(28)31)15-21-5-4-14-27(21)16-19-8-6-17(2)7-9-19/h4-15H,3,16H2,1-2H3,(H,26,29,31). The number of carbonyl (C=O) groups excluding carboxylic acids is 3. The number of aryl methyl sites for hydroxylation is 2. The first-order valence-corrected chi connectivity index (χ1v) is 10.2. The molecule has 6 heteroatoms. The quantitative estimate of drug-likeness (QED) is 0.506. The molecule has 6 nitrogen and oxygen atoms in total. The minimum Gasteiger partial charge on any atom is -0.344 e. The topological polar surface area (TPSA) is 71.4 Å². The molecule has 0 unspecified atom stereocenters. The van der Waals surface area contributed by atoms with Crippen LogP contribution in [-0.4, -0.2) is 22.4 Å². The Morgan fingerprint density at radius 2 is 1.58 bits per heavy atom. The van der Waals surface area contributed by atoms with E-state index < -0.39 is 17.8 Å². The SMILES string of the molecule is CCc1ccc(N2C(=O)NC(=O)C(=Cc3cccn3Cc3ccc(C)cc3)C2=O)cc1. The Hall–Kier alpha value is -3.93. The second kappa shape index (κ2) is 8.44. The third-order valence-electron chi connectivity index (χ3n) is 5.33. The normalized spacial score (nSPS) is 15.5. The number of nitrogens with zero attached hydrogens (tertiary/aromatic N) is 2. The molecule has 3 aromatic rings. The predicted molar refractivity (Wildman–Crippen MR) is 120 cm³/mol. The van der Waals surface area contributed by atoms with Crippen LogP contribution in [0.25, 0.3) is 6.08 Å². The van der Waals surface area contributed by atoms with Crippen molar-refractivity contribution in [2.24, 2.45) is 0 Å². The van der Waals surface area contributed by atoms with Gasteiger partial charge in [0.05, 0.1) is 5.69 Å². The van der Waals surface area contributed by atoms with Gasteiger partial charge in [0.2, 0.25) is 0 Å². The van der Waals surface area contributed by atoms with Crippen LogP contribution in [0, 0.1) is 6.92 Å². The van der Waals surface area contributed by atoms with Crippen LogP contribution in [0.1, 0.15) is 29.3 Å². The number of hydrogen-bond donors (Lipinski definition) is 1. The van der Waals surface area contributed by atoms with Gasteiger partial charge in [0.15, 0.2) is 0 Å². The van der Waals surface area contributed by atoms with E-state index in [0.29, 0.717) is 17.9 Å².